The molecule has 0 aliphatic heterocycles. The minimum atomic E-state index is 0.808. The lowest BCUT2D eigenvalue weighted by Gasteiger charge is -2.15. The van der Waals surface area contributed by atoms with E-state index in [1.165, 1.54) is 49.5 Å². The van der Waals surface area contributed by atoms with E-state index in [1.54, 1.807) is 11.1 Å². The third-order valence-electron chi connectivity index (χ3n) is 4.27. The standard InChI is InChI=1S/C15H20BrN/c16-15-7-3-4-12-8-11(9-14(12)15)10-17-13-5-1-2-6-13/h3-4,7,11,13,17H,1-2,5-6,8-10H2. The summed E-state index contributed by atoms with van der Waals surface area (Å²) in [5.74, 6) is 0.810. The zero-order chi connectivity index (χ0) is 11.7. The fraction of sp³-hybridized carbons (Fsp3) is 0.600. The molecule has 1 saturated carbocycles. The summed E-state index contributed by atoms with van der Waals surface area (Å²) in [5.41, 5.74) is 3.10. The average Bonchev–Trinajstić information content (AvgIpc) is 2.95. The molecule has 1 aromatic rings. The lowest BCUT2D eigenvalue weighted by molar-refractivity contribution is 0.439. The largest absolute Gasteiger partial charge is 0.314 e. The first-order chi connectivity index (χ1) is 8.33. The topological polar surface area (TPSA) is 12.0 Å². The Kier molecular flexibility index (Phi) is 3.53. The van der Waals surface area contributed by atoms with Gasteiger partial charge in [-0.25, -0.2) is 0 Å². The predicted octanol–water partition coefficient (Wildman–Crippen LogP) is 3.70. The van der Waals surface area contributed by atoms with Crippen LogP contribution in [0.15, 0.2) is 22.7 Å². The van der Waals surface area contributed by atoms with Gasteiger partial charge >= 0.3 is 0 Å². The molecule has 1 atom stereocenters. The minimum absolute atomic E-state index is 0.808. The summed E-state index contributed by atoms with van der Waals surface area (Å²) < 4.78 is 1.30. The van der Waals surface area contributed by atoms with Crippen LogP contribution in [0.1, 0.15) is 36.8 Å². The molecule has 0 amide bonds. The molecule has 0 spiro atoms. The van der Waals surface area contributed by atoms with Crippen LogP contribution in [0.5, 0.6) is 0 Å². The maximum absolute atomic E-state index is 3.76. The smallest absolute Gasteiger partial charge is 0.0210 e. The zero-order valence-corrected chi connectivity index (χ0v) is 11.8. The second kappa shape index (κ2) is 5.11. The molecule has 2 aliphatic rings. The normalized spacial score (nSPS) is 24.2. The second-order valence-corrected chi connectivity index (χ2v) is 6.40. The Morgan fingerprint density at radius 3 is 2.76 bits per heavy atom. The molecule has 17 heavy (non-hydrogen) atoms. The van der Waals surface area contributed by atoms with E-state index in [9.17, 15) is 0 Å². The van der Waals surface area contributed by atoms with E-state index in [4.69, 9.17) is 0 Å². The predicted molar refractivity (Wildman–Crippen MR) is 75.3 cm³/mol. The van der Waals surface area contributed by atoms with E-state index in [2.05, 4.69) is 39.4 Å². The third kappa shape index (κ3) is 2.58. The van der Waals surface area contributed by atoms with Gasteiger partial charge in [0, 0.05) is 10.5 Å². The van der Waals surface area contributed by atoms with Gasteiger partial charge in [-0.15, -0.1) is 0 Å². The molecule has 0 bridgehead atoms. The van der Waals surface area contributed by atoms with Gasteiger partial charge in [-0.2, -0.15) is 0 Å². The van der Waals surface area contributed by atoms with Crippen molar-refractivity contribution in [3.8, 4) is 0 Å². The molecule has 0 radical (unpaired) electrons. The SMILES string of the molecule is Brc1cccc2c1CC(CNC1CCCC1)C2. The second-order valence-electron chi connectivity index (χ2n) is 5.54. The highest BCUT2D eigenvalue weighted by atomic mass is 79.9. The van der Waals surface area contributed by atoms with Gasteiger partial charge in [0.25, 0.3) is 0 Å². The van der Waals surface area contributed by atoms with Gasteiger partial charge in [-0.3, -0.25) is 0 Å². The number of fused-ring (bicyclic) bond motifs is 1. The molecule has 0 aromatic heterocycles. The van der Waals surface area contributed by atoms with E-state index in [1.807, 2.05) is 0 Å². The molecule has 1 nitrogen and oxygen atoms in total. The van der Waals surface area contributed by atoms with Crippen molar-refractivity contribution in [2.75, 3.05) is 6.54 Å². The quantitative estimate of drug-likeness (QED) is 0.896. The Morgan fingerprint density at radius 2 is 2.00 bits per heavy atom. The van der Waals surface area contributed by atoms with Crippen molar-refractivity contribution in [1.82, 2.24) is 5.32 Å². The Bertz CT molecular complexity index is 396. The summed E-state index contributed by atoms with van der Waals surface area (Å²) in [6, 6.07) is 7.43. The highest BCUT2D eigenvalue weighted by Gasteiger charge is 2.24. The molecule has 92 valence electrons. The van der Waals surface area contributed by atoms with Crippen LogP contribution in [0.25, 0.3) is 0 Å². The van der Waals surface area contributed by atoms with E-state index in [0.29, 0.717) is 0 Å². The van der Waals surface area contributed by atoms with Crippen molar-refractivity contribution in [3.63, 3.8) is 0 Å². The third-order valence-corrected chi connectivity index (χ3v) is 5.01. The number of halogens is 1. The van der Waals surface area contributed by atoms with Crippen molar-refractivity contribution in [3.05, 3.63) is 33.8 Å². The van der Waals surface area contributed by atoms with Crippen molar-refractivity contribution in [1.29, 1.82) is 0 Å². The fourth-order valence-electron chi connectivity index (χ4n) is 3.30. The summed E-state index contributed by atoms with van der Waals surface area (Å²) >= 11 is 3.67. The number of rotatable bonds is 3. The Morgan fingerprint density at radius 1 is 1.18 bits per heavy atom. The minimum Gasteiger partial charge on any atom is -0.314 e. The summed E-state index contributed by atoms with van der Waals surface area (Å²) in [5, 5.41) is 3.76. The lowest BCUT2D eigenvalue weighted by Crippen LogP contribution is -2.31. The van der Waals surface area contributed by atoms with Crippen molar-refractivity contribution >= 4 is 15.9 Å². The molecule has 0 saturated heterocycles. The van der Waals surface area contributed by atoms with Crippen LogP contribution in [0.3, 0.4) is 0 Å². The first-order valence-corrected chi connectivity index (χ1v) is 7.62. The molecule has 3 rings (SSSR count). The van der Waals surface area contributed by atoms with Gasteiger partial charge in [-0.1, -0.05) is 40.9 Å². The van der Waals surface area contributed by atoms with Gasteiger partial charge in [0.2, 0.25) is 0 Å². The number of hydrogen-bond donors (Lipinski definition) is 1. The number of benzene rings is 1. The summed E-state index contributed by atoms with van der Waals surface area (Å²) in [4.78, 5) is 0. The lowest BCUT2D eigenvalue weighted by atomic mass is 10.1. The molecular formula is C15H20BrN. The molecule has 1 aromatic carbocycles. The summed E-state index contributed by atoms with van der Waals surface area (Å²) in [7, 11) is 0. The van der Waals surface area contributed by atoms with Gasteiger partial charge in [0.15, 0.2) is 0 Å². The van der Waals surface area contributed by atoms with Crippen LogP contribution in [-0.2, 0) is 12.8 Å². The van der Waals surface area contributed by atoms with Gasteiger partial charge in [0.05, 0.1) is 0 Å². The van der Waals surface area contributed by atoms with Crippen LogP contribution in [0.4, 0.5) is 0 Å². The Balaban J connectivity index is 1.56. The average molecular weight is 294 g/mol. The number of hydrogen-bond acceptors (Lipinski definition) is 1. The Hall–Kier alpha value is -0.340. The van der Waals surface area contributed by atoms with Crippen LogP contribution >= 0.6 is 15.9 Å². The van der Waals surface area contributed by atoms with Crippen molar-refractivity contribution in [2.24, 2.45) is 5.92 Å². The monoisotopic (exact) mass is 293 g/mol. The van der Waals surface area contributed by atoms with Crippen LogP contribution in [-0.4, -0.2) is 12.6 Å². The maximum Gasteiger partial charge on any atom is 0.0210 e. The molecule has 1 fully saturated rings. The highest BCUT2D eigenvalue weighted by Crippen LogP contribution is 2.32. The molecule has 1 unspecified atom stereocenters. The highest BCUT2D eigenvalue weighted by molar-refractivity contribution is 9.10. The fourth-order valence-corrected chi connectivity index (χ4v) is 3.87. The van der Waals surface area contributed by atoms with Crippen LogP contribution < -0.4 is 5.32 Å². The van der Waals surface area contributed by atoms with E-state index in [-0.39, 0.29) is 0 Å². The molecule has 2 heteroatoms. The molecular weight excluding hydrogens is 274 g/mol. The van der Waals surface area contributed by atoms with Crippen LogP contribution in [0, 0.1) is 5.92 Å². The number of nitrogens with one attached hydrogen (secondary N) is 1. The first kappa shape index (κ1) is 11.7. The summed E-state index contributed by atoms with van der Waals surface area (Å²) in [6.07, 6.45) is 8.14. The van der Waals surface area contributed by atoms with Crippen LogP contribution in [0.2, 0.25) is 0 Å². The van der Waals surface area contributed by atoms with Gasteiger partial charge in [-0.05, 0) is 55.3 Å². The van der Waals surface area contributed by atoms with E-state index >= 15 is 0 Å². The zero-order valence-electron chi connectivity index (χ0n) is 10.2. The maximum atomic E-state index is 3.76. The first-order valence-electron chi connectivity index (χ1n) is 6.82. The van der Waals surface area contributed by atoms with Gasteiger partial charge < -0.3 is 5.32 Å². The van der Waals surface area contributed by atoms with Crippen molar-refractivity contribution < 1.29 is 0 Å². The molecule has 2 aliphatic carbocycles. The molecule has 1 N–H and O–H groups in total. The van der Waals surface area contributed by atoms with E-state index < -0.39 is 0 Å². The van der Waals surface area contributed by atoms with E-state index in [0.717, 1.165) is 12.0 Å². The summed E-state index contributed by atoms with van der Waals surface area (Å²) in [6.45, 7) is 1.20. The Labute approximate surface area is 112 Å². The molecule has 0 heterocycles. The van der Waals surface area contributed by atoms with Crippen molar-refractivity contribution in [2.45, 2.75) is 44.6 Å². The van der Waals surface area contributed by atoms with Gasteiger partial charge in [0.1, 0.15) is 0 Å².